The summed E-state index contributed by atoms with van der Waals surface area (Å²) in [5.74, 6) is 5.10. The quantitative estimate of drug-likeness (QED) is 0.257. The first kappa shape index (κ1) is 14.9. The zero-order valence-corrected chi connectivity index (χ0v) is 12.6. The van der Waals surface area contributed by atoms with Gasteiger partial charge in [-0.2, -0.15) is 19.9 Å². The fraction of sp³-hybridized carbons (Fsp3) is 0. The minimum absolute atomic E-state index is 0.135. The Morgan fingerprint density at radius 1 is 1.13 bits per heavy atom. The Labute approximate surface area is 131 Å². The predicted molar refractivity (Wildman–Crippen MR) is 84.7 cm³/mol. The molecular weight excluding hydrogens is 318 g/mol. The molecule has 9 nitrogen and oxygen atoms in total. The van der Waals surface area contributed by atoms with Gasteiger partial charge in [0.15, 0.2) is 5.84 Å². The fourth-order valence-corrected chi connectivity index (χ4v) is 3.13. The average Bonchev–Trinajstić information content (AvgIpc) is 2.96. The number of amidine groups is 1. The van der Waals surface area contributed by atoms with Crippen molar-refractivity contribution < 1.29 is 8.42 Å². The molecule has 0 atom stereocenters. The van der Waals surface area contributed by atoms with Gasteiger partial charge in [-0.1, -0.05) is 12.1 Å². The highest BCUT2D eigenvalue weighted by Crippen LogP contribution is 2.30. The fourth-order valence-electron chi connectivity index (χ4n) is 2.36. The third kappa shape index (κ3) is 2.49. The van der Waals surface area contributed by atoms with Crippen molar-refractivity contribution in [1.29, 1.82) is 0 Å². The number of hydrazone groups is 1. The Kier molecular flexibility index (Phi) is 3.47. The van der Waals surface area contributed by atoms with E-state index in [1.165, 1.54) is 10.7 Å². The molecule has 0 spiro atoms. The summed E-state index contributed by atoms with van der Waals surface area (Å²) in [6.07, 6.45) is 3.14. The second-order valence-corrected chi connectivity index (χ2v) is 6.22. The topological polar surface area (TPSA) is 155 Å². The molecule has 118 valence electrons. The number of hydrogen-bond acceptors (Lipinski definition) is 6. The summed E-state index contributed by atoms with van der Waals surface area (Å²) >= 11 is 0. The van der Waals surface area contributed by atoms with E-state index in [-0.39, 0.29) is 16.3 Å². The second kappa shape index (κ2) is 5.34. The van der Waals surface area contributed by atoms with E-state index in [4.69, 9.17) is 16.7 Å². The normalized spacial score (nSPS) is 12.7. The van der Waals surface area contributed by atoms with E-state index >= 15 is 0 Å². The summed E-state index contributed by atoms with van der Waals surface area (Å²) in [6.45, 7) is 0. The molecule has 0 saturated heterocycles. The molecule has 0 aliphatic rings. The number of hydrogen-bond donors (Lipinski definition) is 3. The Balaban J connectivity index is 2.41. The summed E-state index contributed by atoms with van der Waals surface area (Å²) < 4.78 is 25.1. The molecule has 23 heavy (non-hydrogen) atoms. The lowest BCUT2D eigenvalue weighted by molar-refractivity contribution is 0.597. The van der Waals surface area contributed by atoms with Gasteiger partial charge in [0.2, 0.25) is 10.0 Å². The maximum atomic E-state index is 11.9. The van der Waals surface area contributed by atoms with Crippen molar-refractivity contribution in [3.63, 3.8) is 0 Å². The Morgan fingerprint density at radius 3 is 2.61 bits per heavy atom. The van der Waals surface area contributed by atoms with E-state index in [2.05, 4.69) is 15.3 Å². The maximum absolute atomic E-state index is 11.9. The predicted octanol–water partition coefficient (Wildman–Crippen LogP) is -0.377. The van der Waals surface area contributed by atoms with Gasteiger partial charge >= 0.3 is 0 Å². The van der Waals surface area contributed by atoms with Crippen LogP contribution < -0.4 is 16.7 Å². The van der Waals surface area contributed by atoms with E-state index in [9.17, 15) is 8.42 Å². The van der Waals surface area contributed by atoms with E-state index in [1.54, 1.807) is 36.7 Å². The molecule has 1 aromatic carbocycles. The lowest BCUT2D eigenvalue weighted by atomic mass is 10.00. The molecule has 6 N–H and O–H groups in total. The van der Waals surface area contributed by atoms with Gasteiger partial charge in [0.25, 0.3) is 0 Å². The van der Waals surface area contributed by atoms with E-state index < -0.39 is 10.0 Å². The van der Waals surface area contributed by atoms with Crippen LogP contribution in [0.3, 0.4) is 0 Å². The van der Waals surface area contributed by atoms with Gasteiger partial charge in [0.05, 0.1) is 16.6 Å². The van der Waals surface area contributed by atoms with E-state index in [0.717, 1.165) is 0 Å². The summed E-state index contributed by atoms with van der Waals surface area (Å²) in [7, 11) is -4.01. The van der Waals surface area contributed by atoms with Crippen LogP contribution in [0.4, 0.5) is 0 Å². The van der Waals surface area contributed by atoms with Crippen molar-refractivity contribution >= 4 is 21.4 Å². The summed E-state index contributed by atoms with van der Waals surface area (Å²) in [5, 5.41) is 16.9. The van der Waals surface area contributed by atoms with Crippen molar-refractivity contribution in [3.05, 3.63) is 48.3 Å². The molecule has 0 aliphatic carbocycles. The molecule has 2 heterocycles. The molecule has 0 fully saturated rings. The highest BCUT2D eigenvalue weighted by atomic mass is 32.2. The molecule has 0 radical (unpaired) electrons. The van der Waals surface area contributed by atoms with Gasteiger partial charge in [0.1, 0.15) is 0 Å². The summed E-state index contributed by atoms with van der Waals surface area (Å²) in [4.78, 5) is -0.162. The van der Waals surface area contributed by atoms with Crippen molar-refractivity contribution in [2.24, 2.45) is 21.8 Å². The van der Waals surface area contributed by atoms with Crippen LogP contribution in [-0.4, -0.2) is 29.1 Å². The molecule has 3 aromatic rings. The molecule has 0 saturated carbocycles. The number of fused-ring (bicyclic) bond motifs is 1. The monoisotopic (exact) mass is 331 g/mol. The first-order valence-electron chi connectivity index (χ1n) is 6.42. The Bertz CT molecular complexity index is 1020. The Morgan fingerprint density at radius 2 is 1.91 bits per heavy atom. The molecule has 0 aliphatic heterocycles. The number of benzene rings is 1. The van der Waals surface area contributed by atoms with Crippen molar-refractivity contribution in [2.75, 3.05) is 0 Å². The van der Waals surface area contributed by atoms with Gasteiger partial charge in [-0.3, -0.25) is 0 Å². The van der Waals surface area contributed by atoms with Crippen LogP contribution >= 0.6 is 0 Å². The molecule has 0 amide bonds. The molecule has 2 aromatic heterocycles. The van der Waals surface area contributed by atoms with Gasteiger partial charge in [-0.05, 0) is 23.8 Å². The number of sulfonamides is 1. The first-order chi connectivity index (χ1) is 10.9. The third-order valence-corrected chi connectivity index (χ3v) is 4.28. The van der Waals surface area contributed by atoms with Crippen LogP contribution in [-0.2, 0) is 10.0 Å². The van der Waals surface area contributed by atoms with Crippen LogP contribution in [0.1, 0.15) is 5.56 Å². The highest BCUT2D eigenvalue weighted by molar-refractivity contribution is 7.89. The van der Waals surface area contributed by atoms with Crippen molar-refractivity contribution in [3.8, 4) is 11.1 Å². The third-order valence-electron chi connectivity index (χ3n) is 3.32. The van der Waals surface area contributed by atoms with Gasteiger partial charge < -0.3 is 11.6 Å². The molecule has 0 unspecified atom stereocenters. The first-order valence-corrected chi connectivity index (χ1v) is 7.97. The highest BCUT2D eigenvalue weighted by Gasteiger charge is 2.22. The van der Waals surface area contributed by atoms with Crippen LogP contribution in [0.15, 0.2) is 52.7 Å². The smallest absolute Gasteiger partial charge is 0.238 e. The minimum Gasteiger partial charge on any atom is -0.382 e. The zero-order chi connectivity index (χ0) is 16.6. The van der Waals surface area contributed by atoms with Crippen LogP contribution in [0, 0.1) is 0 Å². The zero-order valence-electron chi connectivity index (χ0n) is 11.8. The van der Waals surface area contributed by atoms with E-state index in [1.807, 2.05) is 0 Å². The summed E-state index contributed by atoms with van der Waals surface area (Å²) in [5.41, 5.74) is 7.73. The van der Waals surface area contributed by atoms with Gasteiger partial charge in [0, 0.05) is 17.3 Å². The standard InChI is InChI=1S/C13H13N7O2S/c14-13(19-15)12-8(3-1-5-11(12)23(16,21)22)9-7-18-20-10(9)4-2-6-17-20/h1-7H,15H2,(H2,14,19)(H2,16,21,22). The van der Waals surface area contributed by atoms with Crippen molar-refractivity contribution in [2.45, 2.75) is 4.90 Å². The number of rotatable bonds is 3. The van der Waals surface area contributed by atoms with Crippen molar-refractivity contribution in [1.82, 2.24) is 14.8 Å². The van der Waals surface area contributed by atoms with Gasteiger partial charge in [-0.15, -0.1) is 0 Å². The SMILES string of the molecule is NN=C(N)c1c(-c2cnn3ncccc23)cccc1S(N)(=O)=O. The van der Waals surface area contributed by atoms with Crippen LogP contribution in [0.2, 0.25) is 0 Å². The van der Waals surface area contributed by atoms with E-state index in [0.29, 0.717) is 16.6 Å². The second-order valence-electron chi connectivity index (χ2n) is 4.69. The molecular formula is C13H13N7O2S. The van der Waals surface area contributed by atoms with Gasteiger partial charge in [-0.25, -0.2) is 13.6 Å². The summed E-state index contributed by atoms with van der Waals surface area (Å²) in [6, 6.07) is 8.12. The minimum atomic E-state index is -4.01. The maximum Gasteiger partial charge on any atom is 0.238 e. The number of nitrogens with zero attached hydrogens (tertiary/aromatic N) is 4. The lowest BCUT2D eigenvalue weighted by Gasteiger charge is -2.12. The molecule has 3 rings (SSSR count). The van der Waals surface area contributed by atoms with Crippen LogP contribution in [0.25, 0.3) is 16.6 Å². The molecule has 0 bridgehead atoms. The Hall–Kier alpha value is -2.98. The average molecular weight is 331 g/mol. The number of primary sulfonamides is 1. The largest absolute Gasteiger partial charge is 0.382 e. The number of nitrogens with two attached hydrogens (primary N) is 3. The lowest BCUT2D eigenvalue weighted by Crippen LogP contribution is -2.23. The van der Waals surface area contributed by atoms with Crippen LogP contribution in [0.5, 0.6) is 0 Å². The molecule has 10 heteroatoms. The number of aromatic nitrogens is 3.